The molecule has 0 radical (unpaired) electrons. The second-order valence-electron chi connectivity index (χ2n) is 7.03. The summed E-state index contributed by atoms with van der Waals surface area (Å²) in [6, 6.07) is 0.139. The van der Waals surface area contributed by atoms with Gasteiger partial charge in [-0.15, -0.1) is 24.8 Å². The molecule has 2 aliphatic heterocycles. The summed E-state index contributed by atoms with van der Waals surface area (Å²) < 4.78 is 0. The molecule has 6 nitrogen and oxygen atoms in total. The van der Waals surface area contributed by atoms with Crippen molar-refractivity contribution >= 4 is 36.6 Å². The number of nitrogens with two attached hydrogens (primary N) is 1. The topological polar surface area (TPSA) is 78.7 Å². The SMILES string of the molecule is CC(C)[C@H](N)C(=O)NCC(=O)N1CC2CCCCN2CC1C.Cl.Cl. The molecule has 2 heterocycles. The Kier molecular flexibility index (Phi) is 10.2. The van der Waals surface area contributed by atoms with Gasteiger partial charge in [0.1, 0.15) is 0 Å². The highest BCUT2D eigenvalue weighted by Crippen LogP contribution is 2.23. The molecule has 8 heteroatoms. The van der Waals surface area contributed by atoms with Crippen molar-refractivity contribution in [2.75, 3.05) is 26.2 Å². The van der Waals surface area contributed by atoms with E-state index in [1.807, 2.05) is 18.7 Å². The Labute approximate surface area is 157 Å². The Hall–Kier alpha value is -0.560. The van der Waals surface area contributed by atoms with E-state index in [-0.39, 0.29) is 55.1 Å². The van der Waals surface area contributed by atoms with Crippen LogP contribution in [-0.2, 0) is 9.59 Å². The van der Waals surface area contributed by atoms with Crippen LogP contribution in [0.2, 0.25) is 0 Å². The molecule has 2 aliphatic rings. The van der Waals surface area contributed by atoms with Crippen molar-refractivity contribution in [2.45, 2.75) is 58.2 Å². The molecule has 0 aromatic carbocycles. The molecule has 2 rings (SSSR count). The lowest BCUT2D eigenvalue weighted by atomic mass is 9.97. The van der Waals surface area contributed by atoms with Crippen LogP contribution in [0.5, 0.6) is 0 Å². The number of carbonyl (C=O) groups is 2. The highest BCUT2D eigenvalue weighted by Gasteiger charge is 2.35. The van der Waals surface area contributed by atoms with Crippen molar-refractivity contribution in [1.82, 2.24) is 15.1 Å². The summed E-state index contributed by atoms with van der Waals surface area (Å²) in [6.45, 7) is 8.81. The van der Waals surface area contributed by atoms with Crippen LogP contribution in [0, 0.1) is 5.92 Å². The van der Waals surface area contributed by atoms with E-state index in [1.54, 1.807) is 0 Å². The molecule has 0 aromatic heterocycles. The lowest BCUT2D eigenvalue weighted by molar-refractivity contribution is -0.139. The van der Waals surface area contributed by atoms with Crippen molar-refractivity contribution in [3.8, 4) is 0 Å². The van der Waals surface area contributed by atoms with Crippen molar-refractivity contribution in [3.05, 3.63) is 0 Å². The number of halogens is 2. The minimum Gasteiger partial charge on any atom is -0.346 e. The number of nitrogens with one attached hydrogen (secondary N) is 1. The maximum Gasteiger partial charge on any atom is 0.242 e. The second kappa shape index (κ2) is 10.4. The number of piperazine rings is 1. The number of fused-ring (bicyclic) bond motifs is 1. The summed E-state index contributed by atoms with van der Waals surface area (Å²) in [6.07, 6.45) is 3.68. The summed E-state index contributed by atoms with van der Waals surface area (Å²) in [5, 5.41) is 2.68. The van der Waals surface area contributed by atoms with Crippen LogP contribution in [0.3, 0.4) is 0 Å². The molecular formula is C16H32Cl2N4O2. The number of amides is 2. The zero-order chi connectivity index (χ0) is 16.3. The predicted molar refractivity (Wildman–Crippen MR) is 101 cm³/mol. The maximum absolute atomic E-state index is 12.4. The average molecular weight is 383 g/mol. The first-order valence-electron chi connectivity index (χ1n) is 8.47. The van der Waals surface area contributed by atoms with Crippen molar-refractivity contribution in [1.29, 1.82) is 0 Å². The first kappa shape index (κ1) is 23.4. The van der Waals surface area contributed by atoms with Gasteiger partial charge in [-0.1, -0.05) is 20.3 Å². The van der Waals surface area contributed by atoms with Crippen LogP contribution in [0.1, 0.15) is 40.0 Å². The molecule has 2 unspecified atom stereocenters. The molecule has 3 atom stereocenters. The molecule has 0 spiro atoms. The highest BCUT2D eigenvalue weighted by molar-refractivity contribution is 5.87. The van der Waals surface area contributed by atoms with Gasteiger partial charge in [0.2, 0.25) is 11.8 Å². The van der Waals surface area contributed by atoms with Crippen molar-refractivity contribution in [2.24, 2.45) is 11.7 Å². The number of carbonyl (C=O) groups excluding carboxylic acids is 2. The first-order chi connectivity index (χ1) is 10.4. The molecule has 0 saturated carbocycles. The highest BCUT2D eigenvalue weighted by atomic mass is 35.5. The molecule has 0 bridgehead atoms. The van der Waals surface area contributed by atoms with Gasteiger partial charge in [0, 0.05) is 25.2 Å². The Balaban J connectivity index is 0.00000264. The molecule has 0 aromatic rings. The monoisotopic (exact) mass is 382 g/mol. The van der Waals surface area contributed by atoms with Crippen molar-refractivity contribution in [3.63, 3.8) is 0 Å². The van der Waals surface area contributed by atoms with Gasteiger partial charge in [-0.3, -0.25) is 14.5 Å². The maximum atomic E-state index is 12.4. The number of hydrogen-bond acceptors (Lipinski definition) is 4. The normalized spacial score (nSPS) is 25.1. The molecule has 2 saturated heterocycles. The summed E-state index contributed by atoms with van der Waals surface area (Å²) in [5.74, 6) is -0.172. The number of piperidine rings is 1. The molecule has 2 amide bonds. The van der Waals surface area contributed by atoms with E-state index in [9.17, 15) is 9.59 Å². The number of hydrogen-bond donors (Lipinski definition) is 2. The van der Waals surface area contributed by atoms with Gasteiger partial charge in [-0.05, 0) is 32.2 Å². The van der Waals surface area contributed by atoms with Gasteiger partial charge in [0.05, 0.1) is 12.6 Å². The van der Waals surface area contributed by atoms with Gasteiger partial charge in [-0.2, -0.15) is 0 Å². The standard InChI is InChI=1S/C16H30N4O2.2ClH/c1-11(2)15(17)16(22)18-8-14(21)20-10-13-6-4-5-7-19(13)9-12(20)3;;/h11-13,15H,4-10,17H2,1-3H3,(H,18,22);2*1H/t12?,13?,15-;;/m0../s1. The minimum absolute atomic E-state index is 0. The third-order valence-electron chi connectivity index (χ3n) is 4.94. The van der Waals surface area contributed by atoms with E-state index in [0.717, 1.165) is 19.6 Å². The van der Waals surface area contributed by atoms with E-state index in [0.29, 0.717) is 6.04 Å². The Morgan fingerprint density at radius 3 is 2.50 bits per heavy atom. The van der Waals surface area contributed by atoms with E-state index >= 15 is 0 Å². The van der Waals surface area contributed by atoms with Gasteiger partial charge in [-0.25, -0.2) is 0 Å². The molecular weight excluding hydrogens is 351 g/mol. The fourth-order valence-corrected chi connectivity index (χ4v) is 3.38. The summed E-state index contributed by atoms with van der Waals surface area (Å²) in [7, 11) is 0. The van der Waals surface area contributed by atoms with Gasteiger partial charge in [0.15, 0.2) is 0 Å². The zero-order valence-corrected chi connectivity index (χ0v) is 16.5. The largest absolute Gasteiger partial charge is 0.346 e. The lowest BCUT2D eigenvalue weighted by Gasteiger charge is -2.47. The van der Waals surface area contributed by atoms with Gasteiger partial charge < -0.3 is 16.0 Å². The molecule has 142 valence electrons. The smallest absolute Gasteiger partial charge is 0.242 e. The molecule has 0 aliphatic carbocycles. The van der Waals surface area contributed by atoms with Gasteiger partial charge in [0.25, 0.3) is 0 Å². The van der Waals surface area contributed by atoms with Crippen LogP contribution in [0.25, 0.3) is 0 Å². The van der Waals surface area contributed by atoms with E-state index in [2.05, 4.69) is 17.1 Å². The van der Waals surface area contributed by atoms with Gasteiger partial charge >= 0.3 is 0 Å². The number of nitrogens with zero attached hydrogens (tertiary/aromatic N) is 2. The van der Waals surface area contributed by atoms with Crippen LogP contribution >= 0.6 is 24.8 Å². The third kappa shape index (κ3) is 5.76. The number of rotatable bonds is 4. The van der Waals surface area contributed by atoms with Crippen LogP contribution in [0.4, 0.5) is 0 Å². The fourth-order valence-electron chi connectivity index (χ4n) is 3.38. The lowest BCUT2D eigenvalue weighted by Crippen LogP contribution is -2.61. The summed E-state index contributed by atoms with van der Waals surface area (Å²) >= 11 is 0. The molecule has 24 heavy (non-hydrogen) atoms. The Morgan fingerprint density at radius 2 is 1.88 bits per heavy atom. The van der Waals surface area contributed by atoms with Crippen LogP contribution < -0.4 is 11.1 Å². The predicted octanol–water partition coefficient (Wildman–Crippen LogP) is 1.01. The average Bonchev–Trinajstić information content (AvgIpc) is 2.50. The van der Waals surface area contributed by atoms with Crippen molar-refractivity contribution < 1.29 is 9.59 Å². The minimum atomic E-state index is -0.555. The third-order valence-corrected chi connectivity index (χ3v) is 4.94. The van der Waals surface area contributed by atoms with Crippen LogP contribution in [0.15, 0.2) is 0 Å². The fraction of sp³-hybridized carbons (Fsp3) is 0.875. The summed E-state index contributed by atoms with van der Waals surface area (Å²) in [4.78, 5) is 28.7. The zero-order valence-electron chi connectivity index (χ0n) is 14.9. The van der Waals surface area contributed by atoms with E-state index in [1.165, 1.54) is 19.3 Å². The van der Waals surface area contributed by atoms with Crippen LogP contribution in [-0.4, -0.2) is 65.9 Å². The quantitative estimate of drug-likeness (QED) is 0.760. The molecule has 2 fully saturated rings. The second-order valence-corrected chi connectivity index (χ2v) is 7.03. The van der Waals surface area contributed by atoms with E-state index in [4.69, 9.17) is 5.73 Å². The van der Waals surface area contributed by atoms with E-state index < -0.39 is 6.04 Å². The summed E-state index contributed by atoms with van der Waals surface area (Å²) in [5.41, 5.74) is 5.80. The first-order valence-corrected chi connectivity index (χ1v) is 8.47. The molecule has 3 N–H and O–H groups in total. The Bertz CT molecular complexity index is 423. The Morgan fingerprint density at radius 1 is 1.21 bits per heavy atom.